The number of benzene rings is 2. The molecule has 0 aliphatic heterocycles. The molecule has 0 aliphatic rings. The molecule has 0 aliphatic carbocycles. The summed E-state index contributed by atoms with van der Waals surface area (Å²) in [6, 6.07) is 18.5. The lowest BCUT2D eigenvalue weighted by atomic mass is 9.86. The molecule has 27 heavy (non-hydrogen) atoms. The molecule has 2 nitrogen and oxygen atoms in total. The van der Waals surface area contributed by atoms with Gasteiger partial charge in [0.25, 0.3) is 0 Å². The van der Waals surface area contributed by atoms with E-state index in [1.54, 1.807) is 18.4 Å². The zero-order valence-corrected chi connectivity index (χ0v) is 17.0. The molecule has 0 N–H and O–H groups in total. The van der Waals surface area contributed by atoms with Gasteiger partial charge in [0.1, 0.15) is 11.7 Å². The maximum Gasteiger partial charge on any atom is 0.129 e. The van der Waals surface area contributed by atoms with Crippen molar-refractivity contribution < 1.29 is 9.53 Å². The molecule has 0 saturated heterocycles. The van der Waals surface area contributed by atoms with Crippen molar-refractivity contribution in [2.24, 2.45) is 0 Å². The van der Waals surface area contributed by atoms with E-state index in [0.29, 0.717) is 17.7 Å². The van der Waals surface area contributed by atoms with Crippen LogP contribution in [0, 0.1) is 0 Å². The molecule has 3 rings (SSSR count). The van der Waals surface area contributed by atoms with Crippen LogP contribution >= 0.6 is 11.3 Å². The van der Waals surface area contributed by atoms with E-state index in [9.17, 15) is 4.79 Å². The Morgan fingerprint density at radius 2 is 1.81 bits per heavy atom. The lowest BCUT2D eigenvalue weighted by Gasteiger charge is -2.19. The first kappa shape index (κ1) is 19.2. The van der Waals surface area contributed by atoms with Gasteiger partial charge in [-0.2, -0.15) is 0 Å². The molecule has 0 bridgehead atoms. The van der Waals surface area contributed by atoms with E-state index >= 15 is 0 Å². The normalized spacial score (nSPS) is 11.1. The quantitative estimate of drug-likeness (QED) is 0.497. The predicted molar refractivity (Wildman–Crippen MR) is 114 cm³/mol. The molecule has 0 amide bonds. The highest BCUT2D eigenvalue weighted by molar-refractivity contribution is 7.13. The van der Waals surface area contributed by atoms with Gasteiger partial charge < -0.3 is 4.74 Å². The van der Waals surface area contributed by atoms with E-state index in [0.717, 1.165) is 16.7 Å². The average Bonchev–Trinajstić information content (AvgIpc) is 3.20. The van der Waals surface area contributed by atoms with Gasteiger partial charge in [-0.25, -0.2) is 4.79 Å². The summed E-state index contributed by atoms with van der Waals surface area (Å²) in [5.41, 5.74) is 4.97. The van der Waals surface area contributed by atoms with E-state index < -0.39 is 0 Å². The number of allylic oxidation sites excluding steroid dienone is 1. The van der Waals surface area contributed by atoms with Gasteiger partial charge in [-0.1, -0.05) is 51.1 Å². The number of methoxy groups -OCH3 is 1. The lowest BCUT2D eigenvalue weighted by molar-refractivity contribution is 0.413. The van der Waals surface area contributed by atoms with Gasteiger partial charge in [0.15, 0.2) is 0 Å². The summed E-state index contributed by atoms with van der Waals surface area (Å²) in [5.74, 6) is 2.84. The van der Waals surface area contributed by atoms with Gasteiger partial charge in [-0.05, 0) is 51.8 Å². The maximum atomic E-state index is 11.8. The van der Waals surface area contributed by atoms with Gasteiger partial charge in [-0.3, -0.25) is 0 Å². The summed E-state index contributed by atoms with van der Waals surface area (Å²) in [6.07, 6.45) is 0.526. The first-order valence-electron chi connectivity index (χ1n) is 8.98. The SMILES string of the molecule is COc1ccc(-c2cccs2)cc1C(=C=O)Cc1ccc(C(C)(C)C)cc1. The van der Waals surface area contributed by atoms with Crippen molar-refractivity contribution in [2.75, 3.05) is 7.11 Å². The van der Waals surface area contributed by atoms with Crippen LogP contribution in [0.4, 0.5) is 0 Å². The summed E-state index contributed by atoms with van der Waals surface area (Å²) in [6.45, 7) is 6.58. The van der Waals surface area contributed by atoms with E-state index in [1.165, 1.54) is 10.4 Å². The fourth-order valence-electron chi connectivity index (χ4n) is 3.05. The molecule has 0 atom stereocenters. The van der Waals surface area contributed by atoms with Gasteiger partial charge in [0, 0.05) is 16.9 Å². The van der Waals surface area contributed by atoms with E-state index in [2.05, 4.69) is 57.0 Å². The Labute approximate surface area is 165 Å². The van der Waals surface area contributed by atoms with E-state index in [4.69, 9.17) is 4.74 Å². The molecule has 1 heterocycles. The maximum absolute atomic E-state index is 11.8. The first-order valence-corrected chi connectivity index (χ1v) is 9.86. The van der Waals surface area contributed by atoms with Gasteiger partial charge >= 0.3 is 0 Å². The second kappa shape index (κ2) is 7.96. The number of carbonyl (C=O) groups excluding carboxylic acids is 1. The lowest BCUT2D eigenvalue weighted by Crippen LogP contribution is -2.10. The molecule has 0 spiro atoms. The largest absolute Gasteiger partial charge is 0.496 e. The first-order chi connectivity index (χ1) is 12.9. The monoisotopic (exact) mass is 376 g/mol. The zero-order chi connectivity index (χ0) is 19.4. The third kappa shape index (κ3) is 4.39. The summed E-state index contributed by atoms with van der Waals surface area (Å²) in [7, 11) is 1.63. The van der Waals surface area contributed by atoms with Crippen LogP contribution in [0.25, 0.3) is 16.0 Å². The van der Waals surface area contributed by atoms with E-state index in [1.807, 2.05) is 29.6 Å². The molecule has 3 aromatic rings. The standard InChI is InChI=1S/C24H24O2S/c1-24(2,3)20-10-7-17(8-11-20)14-19(16-25)21-15-18(9-12-22(21)26-4)23-6-5-13-27-23/h5-13,15H,14H2,1-4H3. The minimum Gasteiger partial charge on any atom is -0.496 e. The van der Waals surface area contributed by atoms with Crippen LogP contribution in [0.2, 0.25) is 0 Å². The molecule has 0 unspecified atom stereocenters. The summed E-state index contributed by atoms with van der Waals surface area (Å²) < 4.78 is 5.51. The summed E-state index contributed by atoms with van der Waals surface area (Å²) in [4.78, 5) is 13.0. The van der Waals surface area contributed by atoms with Gasteiger partial charge in [0.2, 0.25) is 0 Å². The summed E-state index contributed by atoms with van der Waals surface area (Å²) in [5, 5.41) is 2.05. The zero-order valence-electron chi connectivity index (χ0n) is 16.2. The summed E-state index contributed by atoms with van der Waals surface area (Å²) >= 11 is 1.68. The van der Waals surface area contributed by atoms with Crippen molar-refractivity contribution >= 4 is 22.9 Å². The molecule has 3 heteroatoms. The highest BCUT2D eigenvalue weighted by atomic mass is 32.1. The number of rotatable bonds is 5. The van der Waals surface area contributed by atoms with Crippen LogP contribution < -0.4 is 4.74 Å². The Bertz CT molecular complexity index is 955. The van der Waals surface area contributed by atoms with Crippen molar-refractivity contribution in [2.45, 2.75) is 32.6 Å². The molecule has 0 radical (unpaired) electrons. The Balaban J connectivity index is 1.93. The molecular weight excluding hydrogens is 352 g/mol. The van der Waals surface area contributed by atoms with Gasteiger partial charge in [-0.15, -0.1) is 11.3 Å². The molecule has 0 fully saturated rings. The van der Waals surface area contributed by atoms with Crippen LogP contribution in [-0.2, 0) is 16.6 Å². The van der Waals surface area contributed by atoms with Crippen LogP contribution in [-0.4, -0.2) is 13.1 Å². The second-order valence-electron chi connectivity index (χ2n) is 7.60. The molecule has 138 valence electrons. The molecule has 1 aromatic heterocycles. The van der Waals surface area contributed by atoms with Crippen molar-refractivity contribution in [1.82, 2.24) is 0 Å². The fraction of sp³-hybridized carbons (Fsp3) is 0.250. The Morgan fingerprint density at radius 1 is 1.07 bits per heavy atom. The molecule has 2 aromatic carbocycles. The minimum atomic E-state index is 0.111. The fourth-order valence-corrected chi connectivity index (χ4v) is 3.78. The highest BCUT2D eigenvalue weighted by Gasteiger charge is 2.15. The third-order valence-electron chi connectivity index (χ3n) is 4.65. The molecular formula is C24H24O2S. The number of ether oxygens (including phenoxy) is 1. The number of hydrogen-bond acceptors (Lipinski definition) is 3. The highest BCUT2D eigenvalue weighted by Crippen LogP contribution is 2.34. The molecule has 0 saturated carbocycles. The van der Waals surface area contributed by atoms with Gasteiger partial charge in [0.05, 0.1) is 12.7 Å². The Kier molecular flexibility index (Phi) is 5.65. The number of hydrogen-bond donors (Lipinski definition) is 0. The van der Waals surface area contributed by atoms with Crippen molar-refractivity contribution in [1.29, 1.82) is 0 Å². The van der Waals surface area contributed by atoms with Crippen LogP contribution in [0.1, 0.15) is 37.5 Å². The Hall–Kier alpha value is -2.61. The smallest absolute Gasteiger partial charge is 0.129 e. The van der Waals surface area contributed by atoms with Crippen LogP contribution in [0.15, 0.2) is 60.0 Å². The topological polar surface area (TPSA) is 26.3 Å². The Morgan fingerprint density at radius 3 is 2.37 bits per heavy atom. The van der Waals surface area contributed by atoms with Crippen LogP contribution in [0.3, 0.4) is 0 Å². The van der Waals surface area contributed by atoms with Crippen LogP contribution in [0.5, 0.6) is 5.75 Å². The minimum absolute atomic E-state index is 0.111. The predicted octanol–water partition coefficient (Wildman–Crippen LogP) is 6.18. The average molecular weight is 377 g/mol. The second-order valence-corrected chi connectivity index (χ2v) is 8.54. The third-order valence-corrected chi connectivity index (χ3v) is 5.57. The van der Waals surface area contributed by atoms with Crippen molar-refractivity contribution in [3.63, 3.8) is 0 Å². The number of thiophene rings is 1. The van der Waals surface area contributed by atoms with Crippen molar-refractivity contribution in [3.05, 3.63) is 76.7 Å². The van der Waals surface area contributed by atoms with Crippen molar-refractivity contribution in [3.8, 4) is 16.2 Å². The van der Waals surface area contributed by atoms with E-state index in [-0.39, 0.29) is 5.41 Å².